The first kappa shape index (κ1) is 13.6. The van der Waals surface area contributed by atoms with Gasteiger partial charge in [-0.25, -0.2) is 4.98 Å². The Morgan fingerprint density at radius 3 is 2.65 bits per heavy atom. The summed E-state index contributed by atoms with van der Waals surface area (Å²) in [5, 5.41) is 0. The minimum atomic E-state index is -0.422. The molecule has 5 nitrogen and oxygen atoms in total. The standard InChI is InChI=1S/C11H13N3O2.ClH/c1-7(15)8-2-3-10(13-6-8)14-5-4-9(12)11(14)16;/h2-3,6,9H,4-5,12H2,1H3;1H/t9-;/m0./s1. The van der Waals surface area contributed by atoms with E-state index in [2.05, 4.69) is 4.98 Å². The van der Waals surface area contributed by atoms with E-state index in [-0.39, 0.29) is 24.1 Å². The number of aromatic nitrogens is 1. The van der Waals surface area contributed by atoms with Crippen LogP contribution in [0.3, 0.4) is 0 Å². The van der Waals surface area contributed by atoms with Crippen molar-refractivity contribution >= 4 is 29.9 Å². The normalized spacial score (nSPS) is 19.1. The second-order valence-electron chi connectivity index (χ2n) is 3.85. The third-order valence-electron chi connectivity index (χ3n) is 2.68. The maximum absolute atomic E-state index is 11.6. The van der Waals surface area contributed by atoms with Crippen LogP contribution in [0.4, 0.5) is 5.82 Å². The zero-order valence-corrected chi connectivity index (χ0v) is 10.2. The zero-order valence-electron chi connectivity index (χ0n) is 9.42. The van der Waals surface area contributed by atoms with Crippen molar-refractivity contribution in [3.63, 3.8) is 0 Å². The molecule has 0 saturated carbocycles. The van der Waals surface area contributed by atoms with Crippen LogP contribution in [0.1, 0.15) is 23.7 Å². The van der Waals surface area contributed by atoms with Crippen molar-refractivity contribution in [2.75, 3.05) is 11.4 Å². The second-order valence-corrected chi connectivity index (χ2v) is 3.85. The predicted octanol–water partition coefficient (Wildman–Crippen LogP) is 0.770. The number of ketones is 1. The molecular formula is C11H14ClN3O2. The fourth-order valence-electron chi connectivity index (χ4n) is 1.68. The Labute approximate surface area is 105 Å². The Hall–Kier alpha value is -1.46. The number of amides is 1. The number of hydrogen-bond acceptors (Lipinski definition) is 4. The number of halogens is 1. The molecule has 1 amide bonds. The topological polar surface area (TPSA) is 76.3 Å². The minimum absolute atomic E-state index is 0. The molecule has 0 aliphatic carbocycles. The number of hydrogen-bond donors (Lipinski definition) is 1. The molecule has 0 unspecified atom stereocenters. The molecule has 0 bridgehead atoms. The van der Waals surface area contributed by atoms with E-state index < -0.39 is 6.04 Å². The average Bonchev–Trinajstić information content (AvgIpc) is 2.60. The van der Waals surface area contributed by atoms with Gasteiger partial charge in [-0.2, -0.15) is 0 Å². The highest BCUT2D eigenvalue weighted by atomic mass is 35.5. The maximum atomic E-state index is 11.6. The molecule has 1 fully saturated rings. The summed E-state index contributed by atoms with van der Waals surface area (Å²) in [4.78, 5) is 28.3. The van der Waals surface area contributed by atoms with Crippen LogP contribution < -0.4 is 10.6 Å². The summed E-state index contributed by atoms with van der Waals surface area (Å²) in [6, 6.07) is 2.92. The monoisotopic (exact) mass is 255 g/mol. The number of carbonyl (C=O) groups excluding carboxylic acids is 2. The van der Waals surface area contributed by atoms with Gasteiger partial charge in [0.25, 0.3) is 0 Å². The summed E-state index contributed by atoms with van der Waals surface area (Å²) in [5.41, 5.74) is 6.15. The summed E-state index contributed by atoms with van der Waals surface area (Å²) in [6.45, 7) is 2.07. The van der Waals surface area contributed by atoms with E-state index in [9.17, 15) is 9.59 Å². The van der Waals surface area contributed by atoms with Crippen LogP contribution in [0, 0.1) is 0 Å². The smallest absolute Gasteiger partial charge is 0.245 e. The molecule has 1 aliphatic rings. The molecule has 0 aromatic carbocycles. The number of Topliss-reactive ketones (excluding diaryl/α,β-unsaturated/α-hetero) is 1. The van der Waals surface area contributed by atoms with Gasteiger partial charge in [0, 0.05) is 18.3 Å². The summed E-state index contributed by atoms with van der Waals surface area (Å²) in [6.07, 6.45) is 2.13. The van der Waals surface area contributed by atoms with Gasteiger partial charge in [0.15, 0.2) is 5.78 Å². The van der Waals surface area contributed by atoms with Crippen LogP contribution in [0.5, 0.6) is 0 Å². The van der Waals surface area contributed by atoms with Crippen molar-refractivity contribution in [2.45, 2.75) is 19.4 Å². The number of pyridine rings is 1. The van der Waals surface area contributed by atoms with Gasteiger partial charge < -0.3 is 5.73 Å². The van der Waals surface area contributed by atoms with Gasteiger partial charge >= 0.3 is 0 Å². The maximum Gasteiger partial charge on any atom is 0.245 e. The summed E-state index contributed by atoms with van der Waals surface area (Å²) in [7, 11) is 0. The van der Waals surface area contributed by atoms with Crippen molar-refractivity contribution < 1.29 is 9.59 Å². The van der Waals surface area contributed by atoms with Crippen LogP contribution >= 0.6 is 12.4 Å². The number of nitrogens with zero attached hydrogens (tertiary/aromatic N) is 2. The average molecular weight is 256 g/mol. The lowest BCUT2D eigenvalue weighted by atomic mass is 10.2. The third-order valence-corrected chi connectivity index (χ3v) is 2.68. The molecule has 1 aliphatic heterocycles. The molecule has 2 rings (SSSR count). The molecule has 1 saturated heterocycles. The molecule has 1 aromatic heterocycles. The molecule has 2 heterocycles. The summed E-state index contributed by atoms with van der Waals surface area (Å²) in [5.74, 6) is 0.412. The Balaban J connectivity index is 0.00000144. The summed E-state index contributed by atoms with van der Waals surface area (Å²) >= 11 is 0. The minimum Gasteiger partial charge on any atom is -0.320 e. The molecule has 6 heteroatoms. The van der Waals surface area contributed by atoms with Gasteiger partial charge in [-0.1, -0.05) is 0 Å². The molecule has 92 valence electrons. The lowest BCUT2D eigenvalue weighted by Crippen LogP contribution is -2.34. The Kier molecular flexibility index (Phi) is 4.20. The quantitative estimate of drug-likeness (QED) is 0.792. The van der Waals surface area contributed by atoms with Crippen LogP contribution in [0.15, 0.2) is 18.3 Å². The molecule has 0 radical (unpaired) electrons. The zero-order chi connectivity index (χ0) is 11.7. The van der Waals surface area contributed by atoms with E-state index in [1.165, 1.54) is 13.1 Å². The van der Waals surface area contributed by atoms with Gasteiger partial charge in [0.2, 0.25) is 5.91 Å². The number of anilines is 1. The van der Waals surface area contributed by atoms with E-state index in [1.54, 1.807) is 17.0 Å². The number of carbonyl (C=O) groups is 2. The van der Waals surface area contributed by atoms with Gasteiger partial charge in [0.1, 0.15) is 5.82 Å². The molecule has 17 heavy (non-hydrogen) atoms. The fourth-order valence-corrected chi connectivity index (χ4v) is 1.68. The Bertz CT molecular complexity index is 433. The van der Waals surface area contributed by atoms with Crippen LogP contribution in [-0.2, 0) is 4.79 Å². The van der Waals surface area contributed by atoms with E-state index >= 15 is 0 Å². The lowest BCUT2D eigenvalue weighted by molar-refractivity contribution is -0.118. The van der Waals surface area contributed by atoms with E-state index in [0.717, 1.165) is 0 Å². The third kappa shape index (κ3) is 2.62. The SMILES string of the molecule is CC(=O)c1ccc(N2CC[C@H](N)C2=O)nc1.Cl. The van der Waals surface area contributed by atoms with Crippen molar-refractivity contribution in [1.82, 2.24) is 4.98 Å². The molecule has 1 aromatic rings. The van der Waals surface area contributed by atoms with Crippen molar-refractivity contribution in [2.24, 2.45) is 5.73 Å². The van der Waals surface area contributed by atoms with Crippen molar-refractivity contribution in [3.8, 4) is 0 Å². The van der Waals surface area contributed by atoms with Crippen LogP contribution in [0.2, 0.25) is 0 Å². The van der Waals surface area contributed by atoms with E-state index in [1.807, 2.05) is 0 Å². The van der Waals surface area contributed by atoms with Gasteiger partial charge in [-0.15, -0.1) is 12.4 Å². The van der Waals surface area contributed by atoms with Gasteiger partial charge in [-0.05, 0) is 25.5 Å². The first-order valence-electron chi connectivity index (χ1n) is 5.13. The first-order chi connectivity index (χ1) is 7.59. The Morgan fingerprint density at radius 1 is 1.53 bits per heavy atom. The molecule has 1 atom stereocenters. The predicted molar refractivity (Wildman–Crippen MR) is 66.4 cm³/mol. The second kappa shape index (κ2) is 5.25. The number of nitrogens with two attached hydrogens (primary N) is 1. The van der Waals surface area contributed by atoms with Crippen LogP contribution in [0.25, 0.3) is 0 Å². The number of rotatable bonds is 2. The fraction of sp³-hybridized carbons (Fsp3) is 0.364. The van der Waals surface area contributed by atoms with Gasteiger partial charge in [0.05, 0.1) is 6.04 Å². The lowest BCUT2D eigenvalue weighted by Gasteiger charge is -2.14. The van der Waals surface area contributed by atoms with E-state index in [4.69, 9.17) is 5.73 Å². The molecule has 0 spiro atoms. The van der Waals surface area contributed by atoms with Crippen molar-refractivity contribution in [1.29, 1.82) is 0 Å². The highest BCUT2D eigenvalue weighted by Gasteiger charge is 2.30. The highest BCUT2D eigenvalue weighted by Crippen LogP contribution is 2.18. The first-order valence-corrected chi connectivity index (χ1v) is 5.13. The summed E-state index contributed by atoms with van der Waals surface area (Å²) < 4.78 is 0. The van der Waals surface area contributed by atoms with Gasteiger partial charge in [-0.3, -0.25) is 14.5 Å². The Morgan fingerprint density at radius 2 is 2.24 bits per heavy atom. The van der Waals surface area contributed by atoms with E-state index in [0.29, 0.717) is 24.3 Å². The highest BCUT2D eigenvalue weighted by molar-refractivity contribution is 5.99. The molecule has 2 N–H and O–H groups in total. The largest absolute Gasteiger partial charge is 0.320 e. The van der Waals surface area contributed by atoms with Crippen molar-refractivity contribution in [3.05, 3.63) is 23.9 Å². The molecular weight excluding hydrogens is 242 g/mol. The van der Waals surface area contributed by atoms with Crippen LogP contribution in [-0.4, -0.2) is 29.3 Å².